The second-order valence-corrected chi connectivity index (χ2v) is 8.07. The molecular formula is C19H24N4O3S. The summed E-state index contributed by atoms with van der Waals surface area (Å²) in [7, 11) is 0. The lowest BCUT2D eigenvalue weighted by Crippen LogP contribution is -2.52. The van der Waals surface area contributed by atoms with E-state index in [1.807, 2.05) is 22.4 Å². The van der Waals surface area contributed by atoms with Gasteiger partial charge in [-0.1, -0.05) is 11.2 Å². The molecule has 0 radical (unpaired) electrons. The van der Waals surface area contributed by atoms with Gasteiger partial charge in [-0.3, -0.25) is 9.59 Å². The van der Waals surface area contributed by atoms with Gasteiger partial charge in [0.25, 0.3) is 0 Å². The van der Waals surface area contributed by atoms with Crippen molar-refractivity contribution in [1.82, 2.24) is 19.9 Å². The SMILES string of the molecule is O=C([C@@H]1CCCCN1C(=O)CCc1nc(-c2cccs2)no1)N1CCCC1. The molecule has 4 rings (SSSR count). The number of piperidine rings is 1. The molecule has 2 aliphatic heterocycles. The van der Waals surface area contributed by atoms with E-state index in [0.717, 1.165) is 50.1 Å². The van der Waals surface area contributed by atoms with Crippen molar-refractivity contribution in [2.24, 2.45) is 0 Å². The van der Waals surface area contributed by atoms with Crippen LogP contribution in [0.15, 0.2) is 22.0 Å². The van der Waals surface area contributed by atoms with E-state index in [2.05, 4.69) is 10.1 Å². The van der Waals surface area contributed by atoms with Gasteiger partial charge in [0, 0.05) is 32.5 Å². The van der Waals surface area contributed by atoms with Crippen LogP contribution >= 0.6 is 11.3 Å². The number of thiophene rings is 1. The summed E-state index contributed by atoms with van der Waals surface area (Å²) in [4.78, 5) is 34.6. The van der Waals surface area contributed by atoms with Crippen molar-refractivity contribution in [2.45, 2.75) is 51.0 Å². The molecule has 2 amide bonds. The van der Waals surface area contributed by atoms with Gasteiger partial charge in [-0.25, -0.2) is 0 Å². The van der Waals surface area contributed by atoms with Gasteiger partial charge in [0.2, 0.25) is 23.5 Å². The lowest BCUT2D eigenvalue weighted by Gasteiger charge is -2.36. The van der Waals surface area contributed by atoms with Gasteiger partial charge in [-0.15, -0.1) is 11.3 Å². The number of hydrogen-bond acceptors (Lipinski definition) is 6. The van der Waals surface area contributed by atoms with Crippen LogP contribution in [0, 0.1) is 0 Å². The number of carbonyl (C=O) groups is 2. The van der Waals surface area contributed by atoms with Gasteiger partial charge in [0.1, 0.15) is 6.04 Å². The fourth-order valence-corrected chi connectivity index (χ4v) is 4.50. The summed E-state index contributed by atoms with van der Waals surface area (Å²) in [5.74, 6) is 1.15. The summed E-state index contributed by atoms with van der Waals surface area (Å²) < 4.78 is 5.28. The lowest BCUT2D eigenvalue weighted by atomic mass is 10.00. The van der Waals surface area contributed by atoms with Crippen LogP contribution in [0.1, 0.15) is 44.4 Å². The Labute approximate surface area is 162 Å². The molecule has 4 heterocycles. The molecule has 0 spiro atoms. The van der Waals surface area contributed by atoms with E-state index in [9.17, 15) is 9.59 Å². The molecule has 8 heteroatoms. The maximum Gasteiger partial charge on any atom is 0.245 e. The third-order valence-electron chi connectivity index (χ3n) is 5.29. The maximum atomic E-state index is 12.8. The van der Waals surface area contributed by atoms with E-state index >= 15 is 0 Å². The Kier molecular flexibility index (Phi) is 5.52. The average molecular weight is 388 g/mol. The standard InChI is InChI=1S/C19H24N4O3S/c24-17(9-8-16-20-18(21-26-16)15-7-5-13-27-15)23-12-2-1-6-14(23)19(25)22-10-3-4-11-22/h5,7,13-14H,1-4,6,8-12H2/t14-/m0/s1. The van der Waals surface area contributed by atoms with E-state index in [1.54, 1.807) is 16.2 Å². The summed E-state index contributed by atoms with van der Waals surface area (Å²) in [5, 5.41) is 5.94. The average Bonchev–Trinajstić information content (AvgIpc) is 3.47. The summed E-state index contributed by atoms with van der Waals surface area (Å²) >= 11 is 1.55. The highest BCUT2D eigenvalue weighted by Crippen LogP contribution is 2.24. The highest BCUT2D eigenvalue weighted by molar-refractivity contribution is 7.13. The summed E-state index contributed by atoms with van der Waals surface area (Å²) in [5.41, 5.74) is 0. The molecule has 0 aliphatic carbocycles. The molecule has 144 valence electrons. The van der Waals surface area contributed by atoms with Crippen molar-refractivity contribution < 1.29 is 14.1 Å². The molecule has 0 aromatic carbocycles. The van der Waals surface area contributed by atoms with Crippen molar-refractivity contribution in [3.63, 3.8) is 0 Å². The van der Waals surface area contributed by atoms with Crippen LogP contribution in [0.2, 0.25) is 0 Å². The maximum absolute atomic E-state index is 12.8. The number of aromatic nitrogens is 2. The predicted octanol–water partition coefficient (Wildman–Crippen LogP) is 2.73. The molecule has 2 fully saturated rings. The monoisotopic (exact) mass is 388 g/mol. The third kappa shape index (κ3) is 4.05. The molecule has 2 saturated heterocycles. The minimum atomic E-state index is -0.297. The molecule has 2 aromatic rings. The third-order valence-corrected chi connectivity index (χ3v) is 6.15. The van der Waals surface area contributed by atoms with Crippen LogP contribution in [0.4, 0.5) is 0 Å². The molecule has 2 aromatic heterocycles. The number of nitrogens with zero attached hydrogens (tertiary/aromatic N) is 4. The fourth-order valence-electron chi connectivity index (χ4n) is 3.85. The van der Waals surface area contributed by atoms with Gasteiger partial charge in [-0.2, -0.15) is 4.98 Å². The zero-order valence-corrected chi connectivity index (χ0v) is 16.1. The van der Waals surface area contributed by atoms with Crippen LogP contribution in [0.25, 0.3) is 10.7 Å². The largest absolute Gasteiger partial charge is 0.341 e. The molecule has 27 heavy (non-hydrogen) atoms. The van der Waals surface area contributed by atoms with Crippen LogP contribution in [0.5, 0.6) is 0 Å². The highest BCUT2D eigenvalue weighted by atomic mass is 32.1. The Hall–Kier alpha value is -2.22. The first-order valence-corrected chi connectivity index (χ1v) is 10.5. The molecule has 2 aliphatic rings. The second-order valence-electron chi connectivity index (χ2n) is 7.12. The Morgan fingerprint density at radius 1 is 1.19 bits per heavy atom. The van der Waals surface area contributed by atoms with Gasteiger partial charge < -0.3 is 14.3 Å². The Morgan fingerprint density at radius 2 is 2.00 bits per heavy atom. The van der Waals surface area contributed by atoms with Gasteiger partial charge in [-0.05, 0) is 43.6 Å². The fraction of sp³-hybridized carbons (Fsp3) is 0.579. The smallest absolute Gasteiger partial charge is 0.245 e. The van der Waals surface area contributed by atoms with E-state index in [4.69, 9.17) is 4.52 Å². The number of rotatable bonds is 5. The van der Waals surface area contributed by atoms with Crippen LogP contribution in [-0.4, -0.2) is 57.4 Å². The number of hydrogen-bond donors (Lipinski definition) is 0. The number of likely N-dealkylation sites (tertiary alicyclic amines) is 2. The van der Waals surface area contributed by atoms with Crippen LogP contribution < -0.4 is 0 Å². The normalized spacial score (nSPS) is 20.2. The first-order chi connectivity index (χ1) is 13.2. The minimum Gasteiger partial charge on any atom is -0.341 e. The molecule has 7 nitrogen and oxygen atoms in total. The molecular weight excluding hydrogens is 364 g/mol. The summed E-state index contributed by atoms with van der Waals surface area (Å²) in [6, 6.07) is 3.58. The van der Waals surface area contributed by atoms with E-state index in [-0.39, 0.29) is 24.3 Å². The van der Waals surface area contributed by atoms with Crippen molar-refractivity contribution in [1.29, 1.82) is 0 Å². The van der Waals surface area contributed by atoms with Crippen molar-refractivity contribution in [3.8, 4) is 10.7 Å². The molecule has 0 saturated carbocycles. The first-order valence-electron chi connectivity index (χ1n) is 9.67. The topological polar surface area (TPSA) is 79.5 Å². The first kappa shape index (κ1) is 18.2. The Bertz CT molecular complexity index is 783. The summed E-state index contributed by atoms with van der Waals surface area (Å²) in [6.07, 6.45) is 5.55. The molecule has 0 bridgehead atoms. The Morgan fingerprint density at radius 3 is 2.78 bits per heavy atom. The molecule has 0 N–H and O–H groups in total. The predicted molar refractivity (Wildman–Crippen MR) is 101 cm³/mol. The minimum absolute atomic E-state index is 0.00289. The number of aryl methyl sites for hydroxylation is 1. The van der Waals surface area contributed by atoms with Gasteiger partial charge in [0.05, 0.1) is 4.88 Å². The van der Waals surface area contributed by atoms with Crippen molar-refractivity contribution >= 4 is 23.2 Å². The van der Waals surface area contributed by atoms with Crippen LogP contribution in [-0.2, 0) is 16.0 Å². The molecule has 1 atom stereocenters. The van der Waals surface area contributed by atoms with Crippen LogP contribution in [0.3, 0.4) is 0 Å². The van der Waals surface area contributed by atoms with Gasteiger partial charge in [0.15, 0.2) is 0 Å². The number of carbonyl (C=O) groups excluding carboxylic acids is 2. The zero-order valence-electron chi connectivity index (χ0n) is 15.3. The van der Waals surface area contributed by atoms with E-state index in [0.29, 0.717) is 24.7 Å². The highest BCUT2D eigenvalue weighted by Gasteiger charge is 2.35. The van der Waals surface area contributed by atoms with E-state index < -0.39 is 0 Å². The van der Waals surface area contributed by atoms with Crippen molar-refractivity contribution in [3.05, 3.63) is 23.4 Å². The quantitative estimate of drug-likeness (QED) is 0.787. The lowest BCUT2D eigenvalue weighted by molar-refractivity contribution is -0.147. The van der Waals surface area contributed by atoms with Crippen molar-refractivity contribution in [2.75, 3.05) is 19.6 Å². The summed E-state index contributed by atoms with van der Waals surface area (Å²) in [6.45, 7) is 2.31. The molecule has 0 unspecified atom stereocenters. The zero-order chi connectivity index (χ0) is 18.6. The number of amides is 2. The second kappa shape index (κ2) is 8.21. The van der Waals surface area contributed by atoms with E-state index in [1.165, 1.54) is 0 Å². The van der Waals surface area contributed by atoms with Gasteiger partial charge >= 0.3 is 0 Å². The Balaban J connectivity index is 1.36.